The fourth-order valence-electron chi connectivity index (χ4n) is 8.25. The third-order valence-electron chi connectivity index (χ3n) is 10.9. The van der Waals surface area contributed by atoms with Gasteiger partial charge < -0.3 is 13.7 Å². The summed E-state index contributed by atoms with van der Waals surface area (Å²) in [5.41, 5.74) is 13.7. The first-order valence-corrected chi connectivity index (χ1v) is 18.7. The topological polar surface area (TPSA) is 29.5 Å². The molecule has 2 heterocycles. The smallest absolute Gasteiger partial charge is 0.136 e. The SMILES string of the molecule is c1cc(-c2cccc3oc4ccccc4c23)cc(N(c2ccc(-c3ccc4c(c3)oc3ccccc34)cc2)c2ccc(-c3cccc4ccccc34)cc2)c1. The Morgan fingerprint density at radius 1 is 0.291 bits per heavy atom. The van der Waals surface area contributed by atoms with Crippen molar-refractivity contribution < 1.29 is 8.83 Å². The average molecular weight is 704 g/mol. The summed E-state index contributed by atoms with van der Waals surface area (Å²) in [7, 11) is 0. The van der Waals surface area contributed by atoms with Crippen LogP contribution in [-0.2, 0) is 0 Å². The third kappa shape index (κ3) is 5.28. The van der Waals surface area contributed by atoms with Crippen molar-refractivity contribution in [2.45, 2.75) is 0 Å². The Labute approximate surface area is 317 Å². The van der Waals surface area contributed by atoms with Crippen LogP contribution in [0.1, 0.15) is 0 Å². The van der Waals surface area contributed by atoms with Crippen LogP contribution in [0.25, 0.3) is 88.0 Å². The lowest BCUT2D eigenvalue weighted by Crippen LogP contribution is -2.10. The predicted octanol–water partition coefficient (Wildman–Crippen LogP) is 15.1. The van der Waals surface area contributed by atoms with Crippen LogP contribution in [-0.4, -0.2) is 0 Å². The van der Waals surface area contributed by atoms with E-state index in [-0.39, 0.29) is 0 Å². The zero-order valence-electron chi connectivity index (χ0n) is 29.8. The van der Waals surface area contributed by atoms with Crippen LogP contribution in [0.3, 0.4) is 0 Å². The number of para-hydroxylation sites is 2. The van der Waals surface area contributed by atoms with Crippen molar-refractivity contribution >= 4 is 71.7 Å². The second kappa shape index (κ2) is 12.6. The lowest BCUT2D eigenvalue weighted by Gasteiger charge is -2.26. The maximum Gasteiger partial charge on any atom is 0.136 e. The first kappa shape index (κ1) is 31.2. The third-order valence-corrected chi connectivity index (χ3v) is 10.9. The first-order valence-electron chi connectivity index (χ1n) is 18.7. The summed E-state index contributed by atoms with van der Waals surface area (Å²) in [6.07, 6.45) is 0. The lowest BCUT2D eigenvalue weighted by atomic mass is 9.97. The molecular formula is C52H33NO2. The molecule has 11 aromatic rings. The van der Waals surface area contributed by atoms with Gasteiger partial charge in [-0.3, -0.25) is 0 Å². The molecule has 3 nitrogen and oxygen atoms in total. The summed E-state index contributed by atoms with van der Waals surface area (Å²) in [4.78, 5) is 2.34. The van der Waals surface area contributed by atoms with Crippen LogP contribution in [0, 0.1) is 0 Å². The highest BCUT2D eigenvalue weighted by molar-refractivity contribution is 6.12. The number of anilines is 3. The van der Waals surface area contributed by atoms with Crippen molar-refractivity contribution in [1.82, 2.24) is 0 Å². The number of furan rings is 2. The molecule has 0 N–H and O–H groups in total. The monoisotopic (exact) mass is 703 g/mol. The molecule has 0 radical (unpaired) electrons. The summed E-state index contributed by atoms with van der Waals surface area (Å²) >= 11 is 0. The minimum atomic E-state index is 0.890. The Bertz CT molecular complexity index is 3200. The second-order valence-electron chi connectivity index (χ2n) is 14.1. The Kier molecular flexibility index (Phi) is 7.17. The van der Waals surface area contributed by atoms with Gasteiger partial charge in [0.25, 0.3) is 0 Å². The Morgan fingerprint density at radius 2 is 0.855 bits per heavy atom. The van der Waals surface area contributed by atoms with E-state index in [4.69, 9.17) is 8.83 Å². The molecule has 258 valence electrons. The minimum absolute atomic E-state index is 0.890. The van der Waals surface area contributed by atoms with Crippen molar-refractivity contribution in [2.75, 3.05) is 4.90 Å². The van der Waals surface area contributed by atoms with Crippen LogP contribution in [0.15, 0.2) is 209 Å². The number of nitrogens with zero attached hydrogens (tertiary/aromatic N) is 1. The highest BCUT2D eigenvalue weighted by Gasteiger charge is 2.17. The summed E-state index contributed by atoms with van der Waals surface area (Å²) in [6, 6.07) is 71.1. The average Bonchev–Trinajstić information content (AvgIpc) is 3.82. The highest BCUT2D eigenvalue weighted by atomic mass is 16.3. The van der Waals surface area contributed by atoms with Gasteiger partial charge in [-0.1, -0.05) is 133 Å². The molecule has 11 rings (SSSR count). The summed E-state index contributed by atoms with van der Waals surface area (Å²) in [5.74, 6) is 0. The van der Waals surface area contributed by atoms with Crippen molar-refractivity contribution in [3.05, 3.63) is 200 Å². The molecule has 0 aliphatic heterocycles. The second-order valence-corrected chi connectivity index (χ2v) is 14.1. The number of benzene rings is 9. The van der Waals surface area contributed by atoms with Crippen LogP contribution in [0.5, 0.6) is 0 Å². The molecule has 0 fully saturated rings. The van der Waals surface area contributed by atoms with E-state index in [1.54, 1.807) is 0 Å². The fourth-order valence-corrected chi connectivity index (χ4v) is 8.25. The van der Waals surface area contributed by atoms with E-state index in [1.807, 2.05) is 24.3 Å². The molecule has 0 bridgehead atoms. The molecular weight excluding hydrogens is 671 g/mol. The summed E-state index contributed by atoms with van der Waals surface area (Å²) in [5, 5.41) is 7.01. The standard InChI is InChI=1S/C52H33NO2/c1-2-14-42-35(10-1)11-8-17-43(42)36-24-29-40(30-25-36)53(39-27-22-34(23-28-39)37-26-31-46-45-15-3-5-19-48(45)55-51(46)33-37)41-13-7-12-38(32-41)44-18-9-21-50-52(44)47-16-4-6-20-49(47)54-50/h1-33H. The lowest BCUT2D eigenvalue weighted by molar-refractivity contribution is 0.668. The molecule has 3 heteroatoms. The van der Waals surface area contributed by atoms with Gasteiger partial charge in [0.2, 0.25) is 0 Å². The van der Waals surface area contributed by atoms with Crippen molar-refractivity contribution in [3.8, 4) is 33.4 Å². The molecule has 55 heavy (non-hydrogen) atoms. The minimum Gasteiger partial charge on any atom is -0.456 e. The van der Waals surface area contributed by atoms with Gasteiger partial charge in [0.15, 0.2) is 0 Å². The Hall–Kier alpha value is -7.36. The fraction of sp³-hybridized carbons (Fsp3) is 0. The number of hydrogen-bond donors (Lipinski definition) is 0. The largest absolute Gasteiger partial charge is 0.456 e. The summed E-state index contributed by atoms with van der Waals surface area (Å²) in [6.45, 7) is 0. The van der Waals surface area contributed by atoms with Gasteiger partial charge in [-0.05, 0) is 111 Å². The number of fused-ring (bicyclic) bond motifs is 7. The molecule has 0 saturated carbocycles. The Morgan fingerprint density at radius 3 is 1.67 bits per heavy atom. The van der Waals surface area contributed by atoms with E-state index in [2.05, 4.69) is 181 Å². The maximum absolute atomic E-state index is 6.28. The van der Waals surface area contributed by atoms with E-state index in [0.29, 0.717) is 0 Å². The molecule has 0 spiro atoms. The van der Waals surface area contributed by atoms with Crippen molar-refractivity contribution in [3.63, 3.8) is 0 Å². The molecule has 0 aliphatic carbocycles. The van der Waals surface area contributed by atoms with Gasteiger partial charge in [0.1, 0.15) is 22.3 Å². The number of hydrogen-bond acceptors (Lipinski definition) is 3. The van der Waals surface area contributed by atoms with Gasteiger partial charge in [-0.2, -0.15) is 0 Å². The van der Waals surface area contributed by atoms with E-state index in [9.17, 15) is 0 Å². The zero-order chi connectivity index (χ0) is 36.3. The molecule has 0 unspecified atom stereocenters. The van der Waals surface area contributed by atoms with Gasteiger partial charge in [-0.15, -0.1) is 0 Å². The van der Waals surface area contributed by atoms with E-state index in [0.717, 1.165) is 83.2 Å². The predicted molar refractivity (Wildman–Crippen MR) is 229 cm³/mol. The van der Waals surface area contributed by atoms with Crippen LogP contribution >= 0.6 is 0 Å². The maximum atomic E-state index is 6.28. The van der Waals surface area contributed by atoms with Gasteiger partial charge in [-0.25, -0.2) is 0 Å². The summed E-state index contributed by atoms with van der Waals surface area (Å²) < 4.78 is 12.5. The van der Waals surface area contributed by atoms with E-state index < -0.39 is 0 Å². The first-order chi connectivity index (χ1) is 27.2. The highest BCUT2D eigenvalue weighted by Crippen LogP contribution is 2.42. The normalized spacial score (nSPS) is 11.6. The van der Waals surface area contributed by atoms with E-state index in [1.165, 1.54) is 21.9 Å². The zero-order valence-corrected chi connectivity index (χ0v) is 29.8. The Balaban J connectivity index is 1.03. The quantitative estimate of drug-likeness (QED) is 0.173. The molecule has 2 aromatic heterocycles. The number of rotatable bonds is 6. The van der Waals surface area contributed by atoms with Gasteiger partial charge in [0.05, 0.1) is 0 Å². The molecule has 0 amide bonds. The molecule has 0 saturated heterocycles. The van der Waals surface area contributed by atoms with Crippen LogP contribution in [0.4, 0.5) is 17.1 Å². The molecule has 0 atom stereocenters. The van der Waals surface area contributed by atoms with Crippen LogP contribution < -0.4 is 4.90 Å². The van der Waals surface area contributed by atoms with Gasteiger partial charge in [0, 0.05) is 38.6 Å². The molecule has 9 aromatic carbocycles. The van der Waals surface area contributed by atoms with Gasteiger partial charge >= 0.3 is 0 Å². The molecule has 0 aliphatic rings. The van der Waals surface area contributed by atoms with Crippen molar-refractivity contribution in [2.24, 2.45) is 0 Å². The van der Waals surface area contributed by atoms with Crippen molar-refractivity contribution in [1.29, 1.82) is 0 Å². The van der Waals surface area contributed by atoms with Crippen LogP contribution in [0.2, 0.25) is 0 Å². The van der Waals surface area contributed by atoms with E-state index >= 15 is 0 Å².